The van der Waals surface area contributed by atoms with Crippen LogP contribution in [0.25, 0.3) is 21.9 Å². The van der Waals surface area contributed by atoms with Gasteiger partial charge in [-0.25, -0.2) is 13.4 Å². The largest absolute Gasteiger partial charge is 0.464 e. The minimum atomic E-state index is -4.24. The number of carbonyl (C=O) groups excluding carboxylic acids is 1. The Hall–Kier alpha value is -4.48. The summed E-state index contributed by atoms with van der Waals surface area (Å²) in [6.07, 6.45) is 2.06. The van der Waals surface area contributed by atoms with Gasteiger partial charge in [-0.15, -0.1) is 12.4 Å². The first kappa shape index (κ1) is 31.5. The highest BCUT2D eigenvalue weighted by molar-refractivity contribution is 7.93. The second-order valence-electron chi connectivity index (χ2n) is 10.5. The van der Waals surface area contributed by atoms with Crippen molar-refractivity contribution in [1.29, 1.82) is 5.41 Å². The fourth-order valence-corrected chi connectivity index (χ4v) is 6.25. The Bertz CT molecular complexity index is 1900. The summed E-state index contributed by atoms with van der Waals surface area (Å²) in [6, 6.07) is 21.0. The zero-order valence-corrected chi connectivity index (χ0v) is 25.7. The zero-order chi connectivity index (χ0) is 30.0. The van der Waals surface area contributed by atoms with Crippen LogP contribution < -0.4 is 10.0 Å². The molecule has 0 unspecified atom stereocenters. The molecule has 12 heteroatoms. The van der Waals surface area contributed by atoms with E-state index in [0.717, 1.165) is 21.2 Å². The number of nitrogens with zero attached hydrogens (tertiary/aromatic N) is 4. The molecule has 0 amide bonds. The van der Waals surface area contributed by atoms with Gasteiger partial charge in [0.1, 0.15) is 23.1 Å². The molecule has 0 fully saturated rings. The van der Waals surface area contributed by atoms with Crippen molar-refractivity contribution in [2.24, 2.45) is 18.7 Å². The molecule has 0 bridgehead atoms. The smallest absolute Gasteiger partial charge is 0.326 e. The number of esters is 1. The number of benzene rings is 3. The summed E-state index contributed by atoms with van der Waals surface area (Å²) in [4.78, 5) is 22.0. The van der Waals surface area contributed by atoms with Crippen molar-refractivity contribution in [2.45, 2.75) is 25.2 Å². The van der Waals surface area contributed by atoms with Gasteiger partial charge in [0.25, 0.3) is 10.0 Å². The number of sulfonamides is 1. The first-order chi connectivity index (χ1) is 20.0. The van der Waals surface area contributed by atoms with Gasteiger partial charge in [0.15, 0.2) is 0 Å². The maximum Gasteiger partial charge on any atom is 0.326 e. The first-order valence-corrected chi connectivity index (χ1v) is 14.9. The highest BCUT2D eigenvalue weighted by Gasteiger charge is 2.30. The van der Waals surface area contributed by atoms with E-state index in [9.17, 15) is 13.2 Å². The number of ether oxygens (including phenoxy) is 1. The number of nitrogen functional groups attached to an aromatic ring is 1. The molecule has 0 saturated carbocycles. The van der Waals surface area contributed by atoms with Crippen molar-refractivity contribution >= 4 is 61.9 Å². The Kier molecular flexibility index (Phi) is 9.37. The lowest BCUT2D eigenvalue weighted by Gasteiger charge is -2.24. The van der Waals surface area contributed by atoms with Crippen molar-refractivity contribution in [3.8, 4) is 0 Å². The third-order valence-electron chi connectivity index (χ3n) is 6.89. The molecular formula is C31H33ClN6O4S. The predicted molar refractivity (Wildman–Crippen MR) is 170 cm³/mol. The second kappa shape index (κ2) is 12.8. The van der Waals surface area contributed by atoms with Gasteiger partial charge in [0, 0.05) is 30.6 Å². The van der Waals surface area contributed by atoms with Crippen molar-refractivity contribution in [2.75, 3.05) is 17.5 Å². The van der Waals surface area contributed by atoms with Crippen LogP contribution in [0, 0.1) is 11.3 Å². The number of amidine groups is 1. The predicted octanol–water partition coefficient (Wildman–Crippen LogP) is 4.81. The third-order valence-corrected chi connectivity index (χ3v) is 8.69. The summed E-state index contributed by atoms with van der Waals surface area (Å²) in [5, 5.41) is 8.26. The highest BCUT2D eigenvalue weighted by Crippen LogP contribution is 2.30. The number of pyridine rings is 1. The van der Waals surface area contributed by atoms with E-state index in [4.69, 9.17) is 20.9 Å². The molecule has 5 aromatic rings. The zero-order valence-electron chi connectivity index (χ0n) is 24.0. The molecule has 10 nitrogen and oxygen atoms in total. The van der Waals surface area contributed by atoms with Crippen molar-refractivity contribution in [1.82, 2.24) is 14.5 Å². The second-order valence-corrected chi connectivity index (χ2v) is 12.3. The Morgan fingerprint density at radius 2 is 1.79 bits per heavy atom. The number of aryl methyl sites for hydroxylation is 1. The van der Waals surface area contributed by atoms with E-state index in [0.29, 0.717) is 28.4 Å². The summed E-state index contributed by atoms with van der Waals surface area (Å²) >= 11 is 0. The number of rotatable bonds is 10. The van der Waals surface area contributed by atoms with Gasteiger partial charge in [-0.3, -0.25) is 19.5 Å². The maximum atomic E-state index is 14.2. The van der Waals surface area contributed by atoms with Crippen LogP contribution >= 0.6 is 12.4 Å². The first-order valence-electron chi connectivity index (χ1n) is 13.5. The van der Waals surface area contributed by atoms with E-state index >= 15 is 0 Å². The topological polar surface area (TPSA) is 144 Å². The molecule has 0 spiro atoms. The summed E-state index contributed by atoms with van der Waals surface area (Å²) in [5.74, 6) is 0.213. The lowest BCUT2D eigenvalue weighted by Crippen LogP contribution is -2.37. The number of halogens is 1. The monoisotopic (exact) mass is 620 g/mol. The molecule has 0 saturated heterocycles. The Balaban J connectivity index is 0.00000423. The van der Waals surface area contributed by atoms with Gasteiger partial charge in [0.05, 0.1) is 28.8 Å². The van der Waals surface area contributed by atoms with Crippen LogP contribution in [-0.2, 0) is 33.0 Å². The van der Waals surface area contributed by atoms with Gasteiger partial charge >= 0.3 is 5.97 Å². The summed E-state index contributed by atoms with van der Waals surface area (Å²) < 4.78 is 36.7. The van der Waals surface area contributed by atoms with Crippen LogP contribution in [0.15, 0.2) is 83.9 Å². The molecule has 0 aliphatic carbocycles. The molecule has 224 valence electrons. The number of hydrogen-bond donors (Lipinski definition) is 2. The van der Waals surface area contributed by atoms with Crippen LogP contribution in [0.4, 0.5) is 5.69 Å². The standard InChI is InChI=1S/C31H32N6O4S.ClH/c1-20(2)19-41-29(38)18-37(42(39,40)27-8-4-6-22-7-5-15-34-30(22)27)24-13-14-26-25(17-24)35-28(36(26)3)16-21-9-11-23(12-10-21)31(32)33;/h4-15,17,20H,16,18-19H2,1-3H3,(H3,32,33);1H. The van der Waals surface area contributed by atoms with Crippen LogP contribution in [0.3, 0.4) is 0 Å². The number of hydrogen-bond acceptors (Lipinski definition) is 7. The summed E-state index contributed by atoms with van der Waals surface area (Å²) in [7, 11) is -2.34. The van der Waals surface area contributed by atoms with Gasteiger partial charge < -0.3 is 15.0 Å². The van der Waals surface area contributed by atoms with Crippen LogP contribution in [0.5, 0.6) is 0 Å². The molecule has 43 heavy (non-hydrogen) atoms. The van der Waals surface area contributed by atoms with E-state index in [2.05, 4.69) is 4.98 Å². The molecule has 2 aromatic heterocycles. The SMILES string of the molecule is CC(C)COC(=O)CN(c1ccc2c(c1)nc(Cc1ccc(C(=N)N)cc1)n2C)S(=O)(=O)c1cccc2cccnc12.Cl. The molecule has 0 radical (unpaired) electrons. The van der Waals surface area contributed by atoms with Crippen LogP contribution in [-0.4, -0.2) is 47.9 Å². The van der Waals surface area contributed by atoms with Crippen LogP contribution in [0.1, 0.15) is 30.8 Å². The minimum absolute atomic E-state index is 0. The molecule has 5 rings (SSSR count). The number of anilines is 1. The molecule has 2 heterocycles. The number of imidazole rings is 1. The Labute approximate surface area is 256 Å². The normalized spacial score (nSPS) is 11.4. The van der Waals surface area contributed by atoms with Gasteiger partial charge in [-0.05, 0) is 41.8 Å². The number of para-hydroxylation sites is 1. The number of nitrogens with one attached hydrogen (secondary N) is 1. The summed E-state index contributed by atoms with van der Waals surface area (Å²) in [6.45, 7) is 3.49. The van der Waals surface area contributed by atoms with E-state index in [1.165, 1.54) is 12.3 Å². The Morgan fingerprint density at radius 1 is 1.07 bits per heavy atom. The van der Waals surface area contributed by atoms with E-state index in [-0.39, 0.29) is 41.4 Å². The number of carbonyl (C=O) groups is 1. The van der Waals surface area contributed by atoms with Crippen molar-refractivity contribution < 1.29 is 17.9 Å². The maximum absolute atomic E-state index is 14.2. The lowest BCUT2D eigenvalue weighted by atomic mass is 10.1. The molecule has 3 aromatic carbocycles. The molecule has 3 N–H and O–H groups in total. The summed E-state index contributed by atoms with van der Waals surface area (Å²) in [5.41, 5.74) is 9.19. The van der Waals surface area contributed by atoms with Crippen LogP contribution in [0.2, 0.25) is 0 Å². The van der Waals surface area contributed by atoms with E-state index in [1.807, 2.05) is 37.6 Å². The van der Waals surface area contributed by atoms with Crippen molar-refractivity contribution in [3.05, 3.63) is 95.9 Å². The lowest BCUT2D eigenvalue weighted by molar-refractivity contribution is -0.142. The average Bonchev–Trinajstić information content (AvgIpc) is 3.28. The van der Waals surface area contributed by atoms with Gasteiger partial charge in [0.2, 0.25) is 0 Å². The Morgan fingerprint density at radius 3 is 2.49 bits per heavy atom. The molecule has 0 atom stereocenters. The van der Waals surface area contributed by atoms with E-state index in [1.54, 1.807) is 54.6 Å². The van der Waals surface area contributed by atoms with Gasteiger partial charge in [-0.2, -0.15) is 0 Å². The molecule has 0 aliphatic heterocycles. The number of aromatic nitrogens is 3. The number of nitrogens with two attached hydrogens (primary N) is 1. The molecular weight excluding hydrogens is 588 g/mol. The molecule has 0 aliphatic rings. The highest BCUT2D eigenvalue weighted by atomic mass is 35.5. The average molecular weight is 621 g/mol. The minimum Gasteiger partial charge on any atom is -0.464 e. The third kappa shape index (κ3) is 6.63. The fourth-order valence-electron chi connectivity index (χ4n) is 4.68. The quantitative estimate of drug-likeness (QED) is 0.129. The number of fused-ring (bicyclic) bond motifs is 2. The fraction of sp³-hybridized carbons (Fsp3) is 0.226. The van der Waals surface area contributed by atoms with Crippen molar-refractivity contribution in [3.63, 3.8) is 0 Å². The van der Waals surface area contributed by atoms with Gasteiger partial charge in [-0.1, -0.05) is 56.3 Å². The van der Waals surface area contributed by atoms with E-state index < -0.39 is 22.5 Å².